The SMILES string of the molecule is CN(C)CCNc1ccc(C(=O)Nc2ccc(Cl)c(Cl)c2)cn1. The van der Waals surface area contributed by atoms with E-state index in [9.17, 15) is 4.79 Å². The number of carbonyl (C=O) groups excluding carboxylic acids is 1. The van der Waals surface area contributed by atoms with Crippen LogP contribution in [-0.2, 0) is 0 Å². The molecule has 1 heterocycles. The van der Waals surface area contributed by atoms with Gasteiger partial charge in [0.1, 0.15) is 5.82 Å². The van der Waals surface area contributed by atoms with Crippen molar-refractivity contribution in [3.63, 3.8) is 0 Å². The number of aromatic nitrogens is 1. The number of benzene rings is 1. The Morgan fingerprint density at radius 3 is 2.57 bits per heavy atom. The summed E-state index contributed by atoms with van der Waals surface area (Å²) < 4.78 is 0. The Kier molecular flexibility index (Phi) is 6.21. The van der Waals surface area contributed by atoms with E-state index in [4.69, 9.17) is 23.2 Å². The normalized spacial score (nSPS) is 10.7. The molecule has 0 bridgehead atoms. The van der Waals surface area contributed by atoms with E-state index in [1.807, 2.05) is 14.1 Å². The highest BCUT2D eigenvalue weighted by Gasteiger charge is 2.08. The molecule has 5 nitrogen and oxygen atoms in total. The molecule has 122 valence electrons. The van der Waals surface area contributed by atoms with Crippen LogP contribution in [0.1, 0.15) is 10.4 Å². The molecule has 1 amide bonds. The van der Waals surface area contributed by atoms with Gasteiger partial charge in [0.15, 0.2) is 0 Å². The number of nitrogens with one attached hydrogen (secondary N) is 2. The van der Waals surface area contributed by atoms with Gasteiger partial charge in [-0.3, -0.25) is 4.79 Å². The average Bonchev–Trinajstić information content (AvgIpc) is 2.51. The third kappa shape index (κ3) is 5.39. The van der Waals surface area contributed by atoms with Gasteiger partial charge in [-0.1, -0.05) is 23.2 Å². The van der Waals surface area contributed by atoms with Crippen LogP contribution in [0.2, 0.25) is 10.0 Å². The Morgan fingerprint density at radius 2 is 1.96 bits per heavy atom. The van der Waals surface area contributed by atoms with Gasteiger partial charge < -0.3 is 15.5 Å². The number of nitrogens with zero attached hydrogens (tertiary/aromatic N) is 2. The molecule has 1 aromatic carbocycles. The Morgan fingerprint density at radius 1 is 1.17 bits per heavy atom. The van der Waals surface area contributed by atoms with Gasteiger partial charge in [0.05, 0.1) is 15.6 Å². The number of hydrogen-bond acceptors (Lipinski definition) is 4. The highest BCUT2D eigenvalue weighted by molar-refractivity contribution is 6.42. The Hall–Kier alpha value is -1.82. The molecule has 2 N–H and O–H groups in total. The lowest BCUT2D eigenvalue weighted by atomic mass is 10.2. The van der Waals surface area contributed by atoms with Crippen LogP contribution in [0.3, 0.4) is 0 Å². The summed E-state index contributed by atoms with van der Waals surface area (Å²) in [6, 6.07) is 8.43. The molecular formula is C16H18Cl2N4O. The van der Waals surface area contributed by atoms with Gasteiger partial charge in [0.2, 0.25) is 0 Å². The van der Waals surface area contributed by atoms with E-state index < -0.39 is 0 Å². The molecule has 2 aromatic rings. The number of likely N-dealkylation sites (N-methyl/N-ethyl adjacent to an activating group) is 1. The van der Waals surface area contributed by atoms with Crippen molar-refractivity contribution in [3.05, 3.63) is 52.1 Å². The second-order valence-electron chi connectivity index (χ2n) is 5.25. The number of hydrogen-bond donors (Lipinski definition) is 2. The zero-order chi connectivity index (χ0) is 16.8. The van der Waals surface area contributed by atoms with Crippen LogP contribution >= 0.6 is 23.2 Å². The van der Waals surface area contributed by atoms with Crippen LogP contribution < -0.4 is 10.6 Å². The van der Waals surface area contributed by atoms with Crippen LogP contribution in [0.4, 0.5) is 11.5 Å². The van der Waals surface area contributed by atoms with Crippen molar-refractivity contribution in [3.8, 4) is 0 Å². The van der Waals surface area contributed by atoms with Crippen molar-refractivity contribution < 1.29 is 4.79 Å². The molecule has 2 rings (SSSR count). The summed E-state index contributed by atoms with van der Waals surface area (Å²) in [5.74, 6) is 0.480. The number of amides is 1. The van der Waals surface area contributed by atoms with Crippen molar-refractivity contribution in [1.29, 1.82) is 0 Å². The lowest BCUT2D eigenvalue weighted by molar-refractivity contribution is 0.102. The summed E-state index contributed by atoms with van der Waals surface area (Å²) in [7, 11) is 4.01. The summed E-state index contributed by atoms with van der Waals surface area (Å²) >= 11 is 11.8. The van der Waals surface area contributed by atoms with Crippen molar-refractivity contribution in [2.24, 2.45) is 0 Å². The van der Waals surface area contributed by atoms with Crippen LogP contribution in [0.5, 0.6) is 0 Å². The van der Waals surface area contributed by atoms with E-state index in [2.05, 4.69) is 20.5 Å². The molecule has 0 saturated carbocycles. The maximum atomic E-state index is 12.2. The smallest absolute Gasteiger partial charge is 0.257 e. The molecular weight excluding hydrogens is 335 g/mol. The molecule has 0 spiro atoms. The number of carbonyl (C=O) groups is 1. The summed E-state index contributed by atoms with van der Waals surface area (Å²) in [5, 5.41) is 6.78. The lowest BCUT2D eigenvalue weighted by Crippen LogP contribution is -2.21. The van der Waals surface area contributed by atoms with Crippen LogP contribution in [0.25, 0.3) is 0 Å². The average molecular weight is 353 g/mol. The molecule has 0 unspecified atom stereocenters. The van der Waals surface area contributed by atoms with E-state index in [0.717, 1.165) is 18.9 Å². The predicted octanol–water partition coefficient (Wildman–Crippen LogP) is 3.61. The second kappa shape index (κ2) is 8.15. The minimum absolute atomic E-state index is 0.254. The topological polar surface area (TPSA) is 57.3 Å². The van der Waals surface area contributed by atoms with E-state index in [1.54, 1.807) is 30.3 Å². The van der Waals surface area contributed by atoms with Gasteiger partial charge >= 0.3 is 0 Å². The highest BCUT2D eigenvalue weighted by atomic mass is 35.5. The Balaban J connectivity index is 1.95. The molecule has 0 aliphatic heterocycles. The molecule has 0 radical (unpaired) electrons. The number of rotatable bonds is 6. The van der Waals surface area contributed by atoms with Gasteiger partial charge in [-0.2, -0.15) is 0 Å². The first-order chi connectivity index (χ1) is 11.0. The fraction of sp³-hybridized carbons (Fsp3) is 0.250. The van der Waals surface area contributed by atoms with E-state index >= 15 is 0 Å². The van der Waals surface area contributed by atoms with Crippen molar-refractivity contribution >= 4 is 40.6 Å². The maximum Gasteiger partial charge on any atom is 0.257 e. The molecule has 1 aromatic heterocycles. The summed E-state index contributed by atoms with van der Waals surface area (Å²) in [6.45, 7) is 1.69. The first kappa shape index (κ1) is 17.5. The number of anilines is 2. The second-order valence-corrected chi connectivity index (χ2v) is 6.06. The summed E-state index contributed by atoms with van der Waals surface area (Å²) in [4.78, 5) is 18.5. The minimum atomic E-state index is -0.254. The maximum absolute atomic E-state index is 12.2. The van der Waals surface area contributed by atoms with Crippen LogP contribution in [-0.4, -0.2) is 43.0 Å². The fourth-order valence-corrected chi connectivity index (χ4v) is 2.12. The van der Waals surface area contributed by atoms with E-state index in [1.165, 1.54) is 6.20 Å². The molecule has 0 fully saturated rings. The quantitative estimate of drug-likeness (QED) is 0.833. The predicted molar refractivity (Wildman–Crippen MR) is 95.7 cm³/mol. The van der Waals surface area contributed by atoms with Gasteiger partial charge in [-0.05, 0) is 44.4 Å². The monoisotopic (exact) mass is 352 g/mol. The molecule has 0 atom stereocenters. The third-order valence-corrected chi connectivity index (χ3v) is 3.81. The molecule has 23 heavy (non-hydrogen) atoms. The Labute approximate surface area is 145 Å². The zero-order valence-corrected chi connectivity index (χ0v) is 14.4. The summed E-state index contributed by atoms with van der Waals surface area (Å²) in [5.41, 5.74) is 1.05. The lowest BCUT2D eigenvalue weighted by Gasteiger charge is -2.11. The van der Waals surface area contributed by atoms with E-state index in [-0.39, 0.29) is 5.91 Å². The largest absolute Gasteiger partial charge is 0.369 e. The fourth-order valence-electron chi connectivity index (χ4n) is 1.82. The number of pyridine rings is 1. The summed E-state index contributed by atoms with van der Waals surface area (Å²) in [6.07, 6.45) is 1.53. The van der Waals surface area contributed by atoms with Crippen LogP contribution in [0.15, 0.2) is 36.5 Å². The minimum Gasteiger partial charge on any atom is -0.369 e. The van der Waals surface area contributed by atoms with Crippen molar-refractivity contribution in [2.75, 3.05) is 37.8 Å². The first-order valence-electron chi connectivity index (χ1n) is 7.07. The van der Waals surface area contributed by atoms with Crippen molar-refractivity contribution in [1.82, 2.24) is 9.88 Å². The van der Waals surface area contributed by atoms with Gasteiger partial charge in [0.25, 0.3) is 5.91 Å². The van der Waals surface area contributed by atoms with Gasteiger partial charge in [-0.15, -0.1) is 0 Å². The van der Waals surface area contributed by atoms with E-state index in [0.29, 0.717) is 21.3 Å². The highest BCUT2D eigenvalue weighted by Crippen LogP contribution is 2.25. The first-order valence-corrected chi connectivity index (χ1v) is 7.82. The number of halogens is 2. The van der Waals surface area contributed by atoms with Crippen LogP contribution in [0, 0.1) is 0 Å². The Bertz CT molecular complexity index is 674. The van der Waals surface area contributed by atoms with Crippen molar-refractivity contribution in [2.45, 2.75) is 0 Å². The molecule has 0 aliphatic carbocycles. The molecule has 0 saturated heterocycles. The standard InChI is InChI=1S/C16H18Cl2N4O/c1-22(2)8-7-19-15-6-3-11(10-20-15)16(23)21-12-4-5-13(17)14(18)9-12/h3-6,9-10H,7-8H2,1-2H3,(H,19,20)(H,21,23). The van der Waals surface area contributed by atoms with Gasteiger partial charge in [0, 0.05) is 25.0 Å². The zero-order valence-electron chi connectivity index (χ0n) is 12.9. The van der Waals surface area contributed by atoms with Gasteiger partial charge in [-0.25, -0.2) is 4.98 Å². The third-order valence-electron chi connectivity index (χ3n) is 3.07. The molecule has 7 heteroatoms. The molecule has 0 aliphatic rings.